The minimum atomic E-state index is -2.49. The van der Waals surface area contributed by atoms with Gasteiger partial charge in [0.15, 0.2) is 0 Å². The molecule has 0 amide bonds. The second-order valence-corrected chi connectivity index (χ2v) is 2.59. The van der Waals surface area contributed by atoms with E-state index >= 15 is 0 Å². The van der Waals surface area contributed by atoms with Crippen molar-refractivity contribution >= 4 is 11.9 Å². The molecule has 4 N–H and O–H groups in total. The zero-order chi connectivity index (χ0) is 10.1. The van der Waals surface area contributed by atoms with E-state index in [-0.39, 0.29) is 0 Å². The summed E-state index contributed by atoms with van der Waals surface area (Å²) in [6.07, 6.45) is -1.62. The molecular weight excluding hydrogens is 182 g/mol. The minimum absolute atomic E-state index is 1.25. The summed E-state index contributed by atoms with van der Waals surface area (Å²) in [5.74, 6) is -5.66. The van der Waals surface area contributed by atoms with E-state index in [1.54, 1.807) is 0 Å². The van der Waals surface area contributed by atoms with E-state index in [1.807, 2.05) is 0 Å². The Morgan fingerprint density at radius 2 is 1.85 bits per heavy atom. The summed E-state index contributed by atoms with van der Waals surface area (Å²) in [5, 5.41) is 27.8. The van der Waals surface area contributed by atoms with E-state index in [1.165, 1.54) is 13.1 Å². The standard InChI is InChI=1S/C4H4O6.C2H5N/c5-2(6)1-4(9,10-1)3(7)8;1-2-3-1/h1,9H,(H,5,6)(H,7,8);3H,1-2H2. The quantitative estimate of drug-likeness (QED) is 0.365. The summed E-state index contributed by atoms with van der Waals surface area (Å²) in [6.45, 7) is 2.50. The Hall–Kier alpha value is -1.18. The molecule has 0 spiro atoms. The predicted octanol–water partition coefficient (Wildman–Crippen LogP) is -2.17. The monoisotopic (exact) mass is 191 g/mol. The Labute approximate surface area is 72.9 Å². The Morgan fingerprint density at radius 3 is 1.92 bits per heavy atom. The number of hydrogen-bond donors (Lipinski definition) is 4. The first kappa shape index (κ1) is 9.90. The van der Waals surface area contributed by atoms with E-state index in [0.29, 0.717) is 0 Å². The van der Waals surface area contributed by atoms with E-state index < -0.39 is 23.8 Å². The van der Waals surface area contributed by atoms with Crippen molar-refractivity contribution in [1.82, 2.24) is 5.32 Å². The van der Waals surface area contributed by atoms with Crippen LogP contribution in [-0.2, 0) is 14.3 Å². The molecule has 2 aliphatic rings. The number of ether oxygens (including phenoxy) is 1. The molecule has 0 aromatic rings. The van der Waals surface area contributed by atoms with Crippen LogP contribution in [0, 0.1) is 0 Å². The summed E-state index contributed by atoms with van der Waals surface area (Å²) in [5.41, 5.74) is 0. The van der Waals surface area contributed by atoms with Gasteiger partial charge in [-0.25, -0.2) is 9.59 Å². The number of carboxylic acid groups (broad SMARTS) is 2. The molecule has 2 unspecified atom stereocenters. The molecule has 2 rings (SSSR count). The predicted molar refractivity (Wildman–Crippen MR) is 38.0 cm³/mol. The lowest BCUT2D eigenvalue weighted by molar-refractivity contribution is -0.158. The molecule has 7 heteroatoms. The van der Waals surface area contributed by atoms with Gasteiger partial charge in [-0.1, -0.05) is 0 Å². The van der Waals surface area contributed by atoms with Crippen LogP contribution >= 0.6 is 0 Å². The van der Waals surface area contributed by atoms with Gasteiger partial charge in [0.05, 0.1) is 0 Å². The smallest absolute Gasteiger partial charge is 0.367 e. The van der Waals surface area contributed by atoms with E-state index in [4.69, 9.17) is 15.3 Å². The fourth-order valence-electron chi connectivity index (χ4n) is 0.526. The lowest BCUT2D eigenvalue weighted by Gasteiger charge is -1.92. The highest BCUT2D eigenvalue weighted by Crippen LogP contribution is 2.33. The third-order valence-electron chi connectivity index (χ3n) is 1.38. The number of aliphatic hydroxyl groups is 1. The van der Waals surface area contributed by atoms with Gasteiger partial charge >= 0.3 is 17.7 Å². The summed E-state index contributed by atoms with van der Waals surface area (Å²) in [6, 6.07) is 0. The highest BCUT2D eigenvalue weighted by Gasteiger charge is 2.67. The van der Waals surface area contributed by atoms with Gasteiger partial charge in [0.1, 0.15) is 0 Å². The molecule has 0 bridgehead atoms. The molecule has 0 aliphatic carbocycles. The highest BCUT2D eigenvalue weighted by molar-refractivity contribution is 5.90. The fraction of sp³-hybridized carbons (Fsp3) is 0.667. The maximum atomic E-state index is 9.96. The Balaban J connectivity index is 0.000000236. The zero-order valence-corrected chi connectivity index (χ0v) is 6.56. The molecule has 2 atom stereocenters. The third kappa shape index (κ3) is 2.38. The van der Waals surface area contributed by atoms with Gasteiger partial charge in [-0.15, -0.1) is 0 Å². The first-order valence-corrected chi connectivity index (χ1v) is 3.55. The molecule has 7 nitrogen and oxygen atoms in total. The largest absolute Gasteiger partial charge is 0.479 e. The number of rotatable bonds is 2. The zero-order valence-electron chi connectivity index (χ0n) is 6.56. The van der Waals surface area contributed by atoms with Crippen LogP contribution < -0.4 is 5.32 Å². The summed E-state index contributed by atoms with van der Waals surface area (Å²) in [7, 11) is 0. The van der Waals surface area contributed by atoms with E-state index in [0.717, 1.165) is 0 Å². The van der Waals surface area contributed by atoms with E-state index in [2.05, 4.69) is 10.1 Å². The number of hydrogen-bond acceptors (Lipinski definition) is 5. The molecule has 0 aromatic heterocycles. The molecule has 0 radical (unpaired) electrons. The second kappa shape index (κ2) is 3.29. The first-order valence-electron chi connectivity index (χ1n) is 3.55. The van der Waals surface area contributed by atoms with Crippen LogP contribution in [0.1, 0.15) is 0 Å². The Morgan fingerprint density at radius 1 is 1.38 bits per heavy atom. The van der Waals surface area contributed by atoms with Gasteiger partial charge in [0.25, 0.3) is 0 Å². The molecule has 13 heavy (non-hydrogen) atoms. The van der Waals surface area contributed by atoms with E-state index in [9.17, 15) is 9.59 Å². The van der Waals surface area contributed by atoms with Gasteiger partial charge in [0.2, 0.25) is 6.10 Å². The molecule has 0 saturated carbocycles. The average molecular weight is 191 g/mol. The molecule has 74 valence electrons. The van der Waals surface area contributed by atoms with Gasteiger partial charge < -0.3 is 25.4 Å². The second-order valence-electron chi connectivity index (χ2n) is 2.59. The van der Waals surface area contributed by atoms with Crippen LogP contribution in [0.25, 0.3) is 0 Å². The van der Waals surface area contributed by atoms with Gasteiger partial charge in [-0.05, 0) is 0 Å². The number of aliphatic carboxylic acids is 2. The number of epoxide rings is 1. The summed E-state index contributed by atoms with van der Waals surface area (Å²) in [4.78, 5) is 19.9. The van der Waals surface area contributed by atoms with Crippen LogP contribution in [0.5, 0.6) is 0 Å². The van der Waals surface area contributed by atoms with Crippen molar-refractivity contribution in [2.75, 3.05) is 13.1 Å². The fourth-order valence-corrected chi connectivity index (χ4v) is 0.526. The lowest BCUT2D eigenvalue weighted by atomic mass is 10.3. The molecule has 2 heterocycles. The summed E-state index contributed by atoms with van der Waals surface area (Å²) >= 11 is 0. The normalized spacial score (nSPS) is 34.1. The topological polar surface area (TPSA) is 129 Å². The van der Waals surface area contributed by atoms with Gasteiger partial charge in [-0.2, -0.15) is 0 Å². The Kier molecular flexibility index (Phi) is 2.50. The first-order chi connectivity index (χ1) is 5.98. The summed E-state index contributed by atoms with van der Waals surface area (Å²) < 4.78 is 3.98. The number of carbonyl (C=O) groups is 2. The van der Waals surface area contributed by atoms with Crippen molar-refractivity contribution in [2.45, 2.75) is 11.9 Å². The third-order valence-corrected chi connectivity index (χ3v) is 1.38. The van der Waals surface area contributed by atoms with Gasteiger partial charge in [0, 0.05) is 13.1 Å². The maximum Gasteiger partial charge on any atom is 0.367 e. The number of nitrogens with one attached hydrogen (secondary N) is 1. The van der Waals surface area contributed by atoms with Gasteiger partial charge in [-0.3, -0.25) is 0 Å². The molecule has 2 fully saturated rings. The van der Waals surface area contributed by atoms with Crippen LogP contribution in [0.2, 0.25) is 0 Å². The van der Waals surface area contributed by atoms with Crippen molar-refractivity contribution in [1.29, 1.82) is 0 Å². The lowest BCUT2D eigenvalue weighted by Crippen LogP contribution is -2.29. The SMILES string of the molecule is C1CN1.O=C(O)C1OC1(O)C(=O)O. The van der Waals surface area contributed by atoms with Crippen LogP contribution in [0.3, 0.4) is 0 Å². The van der Waals surface area contributed by atoms with Crippen molar-refractivity contribution in [3.05, 3.63) is 0 Å². The minimum Gasteiger partial charge on any atom is -0.479 e. The number of carboxylic acids is 2. The molecule has 2 saturated heterocycles. The molecular formula is C6H9NO6. The van der Waals surface area contributed by atoms with Crippen LogP contribution in [-0.4, -0.2) is 52.2 Å². The molecule has 0 aromatic carbocycles. The van der Waals surface area contributed by atoms with Crippen LogP contribution in [0.4, 0.5) is 0 Å². The van der Waals surface area contributed by atoms with Crippen LogP contribution in [0.15, 0.2) is 0 Å². The van der Waals surface area contributed by atoms with Crippen molar-refractivity contribution in [2.24, 2.45) is 0 Å². The highest BCUT2D eigenvalue weighted by atomic mass is 16.8. The van der Waals surface area contributed by atoms with Crippen molar-refractivity contribution in [3.8, 4) is 0 Å². The Bertz CT molecular complexity index is 237. The van der Waals surface area contributed by atoms with Crippen molar-refractivity contribution < 1.29 is 29.6 Å². The molecule has 2 aliphatic heterocycles. The average Bonchev–Trinajstić information content (AvgIpc) is 2.82. The van der Waals surface area contributed by atoms with Crippen molar-refractivity contribution in [3.63, 3.8) is 0 Å². The maximum absolute atomic E-state index is 9.96.